The van der Waals surface area contributed by atoms with Crippen LogP contribution in [-0.4, -0.2) is 37.2 Å². The van der Waals surface area contributed by atoms with Crippen LogP contribution in [-0.2, 0) is 22.4 Å². The van der Waals surface area contributed by atoms with Gasteiger partial charge in [-0.25, -0.2) is 0 Å². The van der Waals surface area contributed by atoms with Gasteiger partial charge in [-0.3, -0.25) is 4.90 Å². The predicted octanol–water partition coefficient (Wildman–Crippen LogP) is 9.53. The fourth-order valence-corrected chi connectivity index (χ4v) is 13.3. The first-order valence-corrected chi connectivity index (χ1v) is 21.5. The molecule has 2 fully saturated rings. The van der Waals surface area contributed by atoms with Crippen molar-refractivity contribution in [3.63, 3.8) is 0 Å². The minimum absolute atomic E-state index is 0. The first-order valence-electron chi connectivity index (χ1n) is 14.7. The monoisotopic (exact) mass is 626 g/mol. The average Bonchev–Trinajstić information content (AvgIpc) is 3.49. The summed E-state index contributed by atoms with van der Waals surface area (Å²) in [4.78, 5) is 2.82. The van der Waals surface area contributed by atoms with Crippen molar-refractivity contribution in [2.75, 3.05) is 13.1 Å². The van der Waals surface area contributed by atoms with Crippen molar-refractivity contribution in [2.45, 2.75) is 111 Å². The number of allylic oxidation sites excluding steroid dienone is 3. The van der Waals surface area contributed by atoms with Crippen LogP contribution in [0.1, 0.15) is 85.8 Å². The molecule has 1 heterocycles. The molecular weight excluding hydrogens is 573 g/mol. The van der Waals surface area contributed by atoms with E-state index in [9.17, 15) is 5.11 Å². The molecule has 1 aliphatic heterocycles. The van der Waals surface area contributed by atoms with Gasteiger partial charge in [-0.15, -0.1) is 0 Å². The number of rotatable bonds is 5. The second-order valence-electron chi connectivity index (χ2n) is 13.9. The summed E-state index contributed by atoms with van der Waals surface area (Å²) in [5, 5.41) is 13.2. The summed E-state index contributed by atoms with van der Waals surface area (Å²) in [6.07, 6.45) is 11.7. The van der Waals surface area contributed by atoms with Crippen LogP contribution in [0.4, 0.5) is 0 Å². The summed E-state index contributed by atoms with van der Waals surface area (Å²) in [6, 6.07) is 7.67. The van der Waals surface area contributed by atoms with Crippen molar-refractivity contribution in [2.24, 2.45) is 17.3 Å². The Morgan fingerprint density at radius 1 is 0.974 bits per heavy atom. The van der Waals surface area contributed by atoms with Gasteiger partial charge >= 0.3 is 35.6 Å². The molecule has 39 heavy (non-hydrogen) atoms. The van der Waals surface area contributed by atoms with E-state index in [1.165, 1.54) is 60.8 Å². The number of phenols is 1. The third-order valence-corrected chi connectivity index (χ3v) is 15.8. The first kappa shape index (κ1) is 35.2. The van der Waals surface area contributed by atoms with E-state index in [2.05, 4.69) is 97.6 Å². The Kier molecular flexibility index (Phi) is 12.6. The molecule has 1 saturated carbocycles. The van der Waals surface area contributed by atoms with E-state index < -0.39 is 25.1 Å². The molecular formula is C33H54Cl2NOSiTi-. The molecule has 0 radical (unpaired) electrons. The molecule has 0 aromatic heterocycles. The van der Waals surface area contributed by atoms with Gasteiger partial charge in [0, 0.05) is 6.04 Å². The van der Waals surface area contributed by atoms with Gasteiger partial charge in [-0.1, -0.05) is 103 Å². The van der Waals surface area contributed by atoms with E-state index in [0.29, 0.717) is 29.2 Å². The molecule has 1 N–H and O–H groups in total. The number of fused-ring (bicyclic) bond motifs is 1. The first-order chi connectivity index (χ1) is 17.7. The molecule has 1 aromatic carbocycles. The van der Waals surface area contributed by atoms with Gasteiger partial charge in [-0.2, -0.15) is 0 Å². The second-order valence-corrected chi connectivity index (χ2v) is 21.5. The van der Waals surface area contributed by atoms with Crippen molar-refractivity contribution in [1.29, 1.82) is 0 Å². The number of phenolic OH excluding ortho intramolecular Hbond substituents is 1. The van der Waals surface area contributed by atoms with Gasteiger partial charge in [0.15, 0.2) is 0 Å². The number of hydrogen-bond donors (Lipinski definition) is 1. The van der Waals surface area contributed by atoms with E-state index in [0.717, 1.165) is 5.56 Å². The summed E-state index contributed by atoms with van der Waals surface area (Å²) in [6.45, 7) is 23.4. The third kappa shape index (κ3) is 7.31. The number of aryl methyl sites for hydroxylation is 1. The van der Waals surface area contributed by atoms with Gasteiger partial charge in [0.05, 0.1) is 8.07 Å². The molecule has 2 aliphatic carbocycles. The number of halogens is 2. The Bertz CT molecular complexity index is 1020. The minimum atomic E-state index is -2.02. The second kappa shape index (κ2) is 14.0. The number of nitrogens with zero attached hydrogens (tertiary/aromatic N) is 1. The molecule has 4 rings (SSSR count). The van der Waals surface area contributed by atoms with Crippen molar-refractivity contribution in [3.05, 3.63) is 54.5 Å². The number of benzene rings is 1. The summed E-state index contributed by atoms with van der Waals surface area (Å²) in [5.41, 5.74) is 4.72. The Labute approximate surface area is 258 Å². The van der Waals surface area contributed by atoms with Crippen LogP contribution in [0.2, 0.25) is 17.6 Å². The quantitative estimate of drug-likeness (QED) is 0.260. The zero-order valence-corrected chi connectivity index (χ0v) is 30.4. The topological polar surface area (TPSA) is 23.5 Å². The maximum absolute atomic E-state index is 11.9. The summed E-state index contributed by atoms with van der Waals surface area (Å²) in [5.74, 6) is 1.82. The fourth-order valence-electron chi connectivity index (χ4n) is 7.71. The van der Waals surface area contributed by atoms with Gasteiger partial charge in [-0.05, 0) is 83.8 Å². The Hall–Kier alpha value is -0.0288. The third-order valence-electron chi connectivity index (χ3n) is 9.76. The van der Waals surface area contributed by atoms with E-state index in [4.69, 9.17) is 18.6 Å². The Morgan fingerprint density at radius 3 is 2.03 bits per heavy atom. The predicted molar refractivity (Wildman–Crippen MR) is 173 cm³/mol. The van der Waals surface area contributed by atoms with Crippen LogP contribution < -0.4 is 5.19 Å². The summed E-state index contributed by atoms with van der Waals surface area (Å²) >= 11 is -0.556. The molecule has 0 spiro atoms. The van der Waals surface area contributed by atoms with Gasteiger partial charge in [0.2, 0.25) is 0 Å². The van der Waals surface area contributed by atoms with Crippen molar-refractivity contribution in [1.82, 2.24) is 4.90 Å². The average molecular weight is 628 g/mol. The molecule has 4 atom stereocenters. The van der Waals surface area contributed by atoms with Crippen LogP contribution in [0.25, 0.3) is 0 Å². The number of aromatic hydroxyl groups is 1. The van der Waals surface area contributed by atoms with Crippen molar-refractivity contribution >= 4 is 31.9 Å². The van der Waals surface area contributed by atoms with E-state index in [1.54, 1.807) is 0 Å². The summed E-state index contributed by atoms with van der Waals surface area (Å²) in [7, 11) is 7.76. The van der Waals surface area contributed by atoms with Crippen molar-refractivity contribution < 1.29 is 22.1 Å². The molecule has 6 heteroatoms. The normalized spacial score (nSPS) is 25.4. The van der Waals surface area contributed by atoms with Gasteiger partial charge in [0.1, 0.15) is 5.75 Å². The van der Waals surface area contributed by atoms with Gasteiger partial charge < -0.3 is 12.5 Å². The standard InChI is InChI=1S/C32H51NOSi.CH3.2ClH.Ti/c1-10-35(11-2,29-19-22(3)18-26(30(29)34)32(7,8)9)28-21-27(33-16-12-13-17-33)24-15-14-23(20-25(24)28)31(4,5)6;;;;/h14-15,18-20,24-25,27-28,34H,10-13,16-17,21H2,1-9H3;1H3;2*1H;/q;-1;;;+2/p-2. The van der Waals surface area contributed by atoms with Crippen LogP contribution in [0.5, 0.6) is 5.75 Å². The number of likely N-dealkylation sites (tertiary alicyclic amines) is 1. The molecule has 4 unspecified atom stereocenters. The summed E-state index contributed by atoms with van der Waals surface area (Å²) < 4.78 is 0. The van der Waals surface area contributed by atoms with Crippen LogP contribution >= 0.6 is 18.6 Å². The zero-order chi connectivity index (χ0) is 28.5. The molecule has 1 saturated heterocycles. The van der Waals surface area contributed by atoms with E-state index in [-0.39, 0.29) is 18.3 Å². The number of hydrogen-bond acceptors (Lipinski definition) is 2. The molecule has 1 aromatic rings. The van der Waals surface area contributed by atoms with Gasteiger partial charge in [0.25, 0.3) is 0 Å². The van der Waals surface area contributed by atoms with Crippen molar-refractivity contribution in [3.8, 4) is 5.75 Å². The molecule has 0 bridgehead atoms. The maximum atomic E-state index is 11.9. The van der Waals surface area contributed by atoms with E-state index >= 15 is 0 Å². The SMILES string of the molecule is CC[Si](CC)(c1cc(C)cc(C(C)(C)C)c1O)C1CC(N2CCCC2)C2C=CC(C(C)(C)C)=CC21.[CH3-].[Cl][Ti][Cl]. The Balaban J connectivity index is 0.00000127. The molecule has 220 valence electrons. The van der Waals surface area contributed by atoms with Crippen LogP contribution in [0.3, 0.4) is 0 Å². The van der Waals surface area contributed by atoms with Crippen LogP contribution in [0, 0.1) is 31.6 Å². The molecule has 3 aliphatic rings. The molecule has 0 amide bonds. The van der Waals surface area contributed by atoms with E-state index in [1.807, 2.05) is 0 Å². The fraction of sp³-hybridized carbons (Fsp3) is 0.667. The Morgan fingerprint density at radius 2 is 1.54 bits per heavy atom. The molecule has 2 nitrogen and oxygen atoms in total. The zero-order valence-electron chi connectivity index (χ0n) is 26.3. The van der Waals surface area contributed by atoms with Crippen LogP contribution in [0.15, 0.2) is 35.9 Å².